The Bertz CT molecular complexity index is 3810. The first-order valence-corrected chi connectivity index (χ1v) is 23.8. The molecule has 0 amide bonds. The molecule has 65 heavy (non-hydrogen) atoms. The van der Waals surface area contributed by atoms with Crippen LogP contribution in [0.15, 0.2) is 231 Å². The van der Waals surface area contributed by atoms with Crippen molar-refractivity contribution < 1.29 is 0 Å². The molecule has 0 spiro atoms. The molecule has 3 aromatic heterocycles. The molecule has 0 aliphatic heterocycles. The Morgan fingerprint density at radius 2 is 0.631 bits per heavy atom. The van der Waals surface area contributed by atoms with Gasteiger partial charge in [-0.2, -0.15) is 0 Å². The SMILES string of the molecule is c1ccc(-c2c3ccccc3c(-c3ccc4c(c3)[se]c3ccc(-c5c6ccccc6c(-c6cc(-c7cccnc7)cc(-c7cccnc7)c6)c6ccccc56)cc34)c3ccccc23)cc1. The first kappa shape index (κ1) is 37.6. The minimum absolute atomic E-state index is 0.175. The molecule has 0 aliphatic rings. The Hall–Kier alpha value is -7.94. The summed E-state index contributed by atoms with van der Waals surface area (Å²) in [6, 6.07) is 76.4. The number of fused-ring (bicyclic) bond motifs is 7. The zero-order valence-electron chi connectivity index (χ0n) is 35.2. The molecule has 3 heterocycles. The van der Waals surface area contributed by atoms with Gasteiger partial charge in [-0.05, 0) is 12.1 Å². The molecule has 13 rings (SSSR count). The Labute approximate surface area is 382 Å². The average Bonchev–Trinajstić information content (AvgIpc) is 3.75. The van der Waals surface area contributed by atoms with Crippen LogP contribution >= 0.6 is 0 Å². The second-order valence-electron chi connectivity index (χ2n) is 16.9. The Kier molecular flexibility index (Phi) is 8.91. The number of hydrogen-bond acceptors (Lipinski definition) is 2. The predicted molar refractivity (Wildman–Crippen MR) is 277 cm³/mol. The van der Waals surface area contributed by atoms with Crippen molar-refractivity contribution in [2.75, 3.05) is 0 Å². The van der Waals surface area contributed by atoms with Crippen LogP contribution in [0.25, 0.3) is 129 Å². The van der Waals surface area contributed by atoms with Gasteiger partial charge in [-0.15, -0.1) is 0 Å². The van der Waals surface area contributed by atoms with Gasteiger partial charge in [0.1, 0.15) is 0 Å². The Morgan fingerprint density at radius 1 is 0.231 bits per heavy atom. The van der Waals surface area contributed by atoms with E-state index in [2.05, 4.69) is 204 Å². The van der Waals surface area contributed by atoms with Gasteiger partial charge in [0, 0.05) is 24.8 Å². The minimum atomic E-state index is 0.175. The van der Waals surface area contributed by atoms with Crippen molar-refractivity contribution in [3.63, 3.8) is 0 Å². The van der Waals surface area contributed by atoms with E-state index in [1.807, 2.05) is 36.9 Å². The van der Waals surface area contributed by atoms with Crippen molar-refractivity contribution in [2.45, 2.75) is 0 Å². The topological polar surface area (TPSA) is 25.8 Å². The molecule has 0 atom stereocenters. The molecule has 3 heteroatoms. The number of pyridine rings is 2. The first-order valence-electron chi connectivity index (χ1n) is 22.1. The summed E-state index contributed by atoms with van der Waals surface area (Å²) in [5, 5.41) is 12.8. The van der Waals surface area contributed by atoms with Crippen LogP contribution in [0.2, 0.25) is 0 Å². The summed E-state index contributed by atoms with van der Waals surface area (Å²) in [6.07, 6.45) is 7.57. The van der Waals surface area contributed by atoms with Crippen LogP contribution in [0.3, 0.4) is 0 Å². The van der Waals surface area contributed by atoms with Crippen molar-refractivity contribution in [3.05, 3.63) is 231 Å². The monoisotopic (exact) mass is 890 g/mol. The molecule has 0 radical (unpaired) electrons. The van der Waals surface area contributed by atoms with Crippen molar-refractivity contribution in [3.8, 4) is 66.8 Å². The summed E-state index contributed by atoms with van der Waals surface area (Å²) in [7, 11) is 0. The molecule has 302 valence electrons. The first-order chi connectivity index (χ1) is 32.2. The molecule has 0 saturated carbocycles. The maximum atomic E-state index is 4.49. The predicted octanol–water partition coefficient (Wildman–Crippen LogP) is 16.5. The summed E-state index contributed by atoms with van der Waals surface area (Å²) < 4.78 is 2.87. The van der Waals surface area contributed by atoms with Gasteiger partial charge < -0.3 is 0 Å². The zero-order valence-corrected chi connectivity index (χ0v) is 37.0. The van der Waals surface area contributed by atoms with Gasteiger partial charge in [0.25, 0.3) is 0 Å². The summed E-state index contributed by atoms with van der Waals surface area (Å²) in [5.41, 5.74) is 14.5. The third-order valence-corrected chi connectivity index (χ3v) is 15.6. The average molecular weight is 890 g/mol. The van der Waals surface area contributed by atoms with Crippen molar-refractivity contribution in [1.29, 1.82) is 0 Å². The third kappa shape index (κ3) is 6.24. The summed E-state index contributed by atoms with van der Waals surface area (Å²) in [6.45, 7) is 0. The molecule has 0 N–H and O–H groups in total. The molecule has 0 saturated heterocycles. The summed E-state index contributed by atoms with van der Waals surface area (Å²) >= 11 is 0.175. The molecule has 0 unspecified atom stereocenters. The van der Waals surface area contributed by atoms with Gasteiger partial charge in [-0.1, -0.05) is 12.1 Å². The maximum absolute atomic E-state index is 4.49. The fourth-order valence-corrected chi connectivity index (χ4v) is 12.7. The Morgan fingerprint density at radius 3 is 1.11 bits per heavy atom. The van der Waals surface area contributed by atoms with Crippen molar-refractivity contribution >= 4 is 76.9 Å². The number of nitrogens with zero attached hydrogens (tertiary/aromatic N) is 2. The quantitative estimate of drug-likeness (QED) is 0.123. The van der Waals surface area contributed by atoms with E-state index in [1.165, 1.54) is 107 Å². The van der Waals surface area contributed by atoms with Gasteiger partial charge in [-0.3, -0.25) is 9.97 Å². The van der Waals surface area contributed by atoms with E-state index in [0.717, 1.165) is 22.3 Å². The number of rotatable bonds is 6. The van der Waals surface area contributed by atoms with Crippen molar-refractivity contribution in [2.24, 2.45) is 0 Å². The van der Waals surface area contributed by atoms with Crippen LogP contribution in [0.5, 0.6) is 0 Å². The Balaban J connectivity index is 0.996. The summed E-state index contributed by atoms with van der Waals surface area (Å²) in [4.78, 5) is 8.98. The molecular weight excluding hydrogens is 852 g/mol. The fraction of sp³-hybridized carbons (Fsp3) is 0. The van der Waals surface area contributed by atoms with Crippen LogP contribution < -0.4 is 0 Å². The van der Waals surface area contributed by atoms with Crippen LogP contribution in [0.1, 0.15) is 0 Å². The number of aromatic nitrogens is 2. The van der Waals surface area contributed by atoms with Gasteiger partial charge in [0.15, 0.2) is 0 Å². The fourth-order valence-electron chi connectivity index (χ4n) is 10.4. The second kappa shape index (κ2) is 15.4. The summed E-state index contributed by atoms with van der Waals surface area (Å²) in [5.74, 6) is 0. The van der Waals surface area contributed by atoms with E-state index < -0.39 is 0 Å². The molecule has 10 aromatic carbocycles. The standard InChI is InChI=1S/C62H38N2Se/c1-2-14-39(15-3-1)59-48-18-4-6-20-50(48)61(51-21-7-5-19-49(51)59)41-26-28-47-56-35-40(27-29-57(56)65-58(47)36-41)60-52-22-8-10-24-54(52)62(55-25-11-9-23-53(55)60)46-33-44(42-16-12-30-63-37-42)32-45(34-46)43-17-13-31-64-38-43/h1-38H. The van der Waals surface area contributed by atoms with E-state index >= 15 is 0 Å². The normalized spacial score (nSPS) is 11.7. The van der Waals surface area contributed by atoms with Crippen LogP contribution in [0.4, 0.5) is 0 Å². The molecular formula is C62H38N2Se. The second-order valence-corrected chi connectivity index (χ2v) is 19.1. The molecule has 13 aromatic rings. The van der Waals surface area contributed by atoms with Gasteiger partial charge in [0.05, 0.1) is 0 Å². The molecule has 2 nitrogen and oxygen atoms in total. The van der Waals surface area contributed by atoms with Crippen LogP contribution in [-0.2, 0) is 0 Å². The molecule has 0 fully saturated rings. The van der Waals surface area contributed by atoms with E-state index in [0.29, 0.717) is 0 Å². The van der Waals surface area contributed by atoms with E-state index in [9.17, 15) is 0 Å². The van der Waals surface area contributed by atoms with Gasteiger partial charge in [0.2, 0.25) is 0 Å². The van der Waals surface area contributed by atoms with Gasteiger partial charge in [-0.25, -0.2) is 0 Å². The number of hydrogen-bond donors (Lipinski definition) is 0. The van der Waals surface area contributed by atoms with E-state index in [4.69, 9.17) is 0 Å². The third-order valence-electron chi connectivity index (χ3n) is 13.2. The van der Waals surface area contributed by atoms with Crippen LogP contribution in [-0.4, -0.2) is 24.5 Å². The molecule has 0 bridgehead atoms. The molecule has 0 aliphatic carbocycles. The van der Waals surface area contributed by atoms with Crippen molar-refractivity contribution in [1.82, 2.24) is 9.97 Å². The van der Waals surface area contributed by atoms with E-state index in [-0.39, 0.29) is 14.5 Å². The van der Waals surface area contributed by atoms with E-state index in [1.54, 1.807) is 0 Å². The zero-order chi connectivity index (χ0) is 42.8. The van der Waals surface area contributed by atoms with Gasteiger partial charge >= 0.3 is 326 Å². The van der Waals surface area contributed by atoms with Crippen LogP contribution in [0, 0.1) is 0 Å². The number of benzene rings is 10.